The maximum Gasteiger partial charge on any atom is 0.376 e. The quantitative estimate of drug-likeness (QED) is 0.422. The maximum absolute atomic E-state index is 12.6. The summed E-state index contributed by atoms with van der Waals surface area (Å²) in [6.45, 7) is 0. The molecule has 0 aliphatic heterocycles. The summed E-state index contributed by atoms with van der Waals surface area (Å²) in [4.78, 5) is 32.1. The molecule has 0 amide bonds. The zero-order valence-corrected chi connectivity index (χ0v) is 14.7. The number of nitrogens with zero attached hydrogens (tertiary/aromatic N) is 4. The van der Waals surface area contributed by atoms with E-state index in [1.807, 2.05) is 35.7 Å². The number of aromatic nitrogens is 3. The molecule has 4 rings (SSSR count). The van der Waals surface area contributed by atoms with E-state index in [4.69, 9.17) is 0 Å². The van der Waals surface area contributed by atoms with Crippen LogP contribution in [0.4, 0.5) is 11.5 Å². The van der Waals surface area contributed by atoms with E-state index in [1.165, 1.54) is 17.5 Å². The van der Waals surface area contributed by atoms with Crippen molar-refractivity contribution in [3.05, 3.63) is 97.3 Å². The van der Waals surface area contributed by atoms with Crippen molar-refractivity contribution < 1.29 is 4.92 Å². The van der Waals surface area contributed by atoms with E-state index < -0.39 is 22.2 Å². The smallest absolute Gasteiger partial charge is 0.351 e. The minimum Gasteiger partial charge on any atom is -0.351 e. The molecule has 0 aliphatic carbocycles. The van der Waals surface area contributed by atoms with Crippen molar-refractivity contribution in [2.75, 3.05) is 5.32 Å². The van der Waals surface area contributed by atoms with Gasteiger partial charge in [-0.15, -0.1) is 11.3 Å². The first kappa shape index (κ1) is 16.9. The van der Waals surface area contributed by atoms with Gasteiger partial charge in [0, 0.05) is 17.8 Å². The molecule has 0 saturated heterocycles. The van der Waals surface area contributed by atoms with Crippen LogP contribution in [0.25, 0.3) is 5.65 Å². The number of nitro groups is 1. The largest absolute Gasteiger partial charge is 0.376 e. The molecule has 8 nitrogen and oxygen atoms in total. The SMILES string of the molecule is O=c1c([N+](=O)[O-])c(NC(c2ccccc2)c2nccs2)nc2ccccn12. The molecule has 4 aromatic rings. The van der Waals surface area contributed by atoms with Crippen LogP contribution in [0.5, 0.6) is 0 Å². The first-order valence-electron chi connectivity index (χ1n) is 8.02. The summed E-state index contributed by atoms with van der Waals surface area (Å²) in [7, 11) is 0. The van der Waals surface area contributed by atoms with Crippen molar-refractivity contribution >= 4 is 28.5 Å². The Morgan fingerprint density at radius 3 is 2.63 bits per heavy atom. The van der Waals surface area contributed by atoms with Crippen LogP contribution < -0.4 is 10.9 Å². The Morgan fingerprint density at radius 2 is 1.93 bits per heavy atom. The number of rotatable bonds is 5. The van der Waals surface area contributed by atoms with Gasteiger partial charge in [-0.1, -0.05) is 36.4 Å². The highest BCUT2D eigenvalue weighted by Crippen LogP contribution is 2.30. The molecule has 1 aromatic carbocycles. The van der Waals surface area contributed by atoms with E-state index >= 15 is 0 Å². The monoisotopic (exact) mass is 379 g/mol. The van der Waals surface area contributed by atoms with Gasteiger partial charge in [-0.25, -0.2) is 9.97 Å². The van der Waals surface area contributed by atoms with Gasteiger partial charge in [0.1, 0.15) is 16.7 Å². The Kier molecular flexibility index (Phi) is 4.35. The normalized spacial score (nSPS) is 12.0. The average Bonchev–Trinajstić information content (AvgIpc) is 3.21. The van der Waals surface area contributed by atoms with Gasteiger partial charge in [0.25, 0.3) is 0 Å². The van der Waals surface area contributed by atoms with Crippen LogP contribution in [-0.4, -0.2) is 19.3 Å². The van der Waals surface area contributed by atoms with Gasteiger partial charge in [0.2, 0.25) is 5.82 Å². The second-order valence-electron chi connectivity index (χ2n) is 5.66. The summed E-state index contributed by atoms with van der Waals surface area (Å²) in [5.41, 5.74) is -0.159. The molecule has 0 radical (unpaired) electrons. The summed E-state index contributed by atoms with van der Waals surface area (Å²) in [5.74, 6) is -0.0831. The average molecular weight is 379 g/mol. The lowest BCUT2D eigenvalue weighted by Crippen LogP contribution is -2.23. The molecule has 27 heavy (non-hydrogen) atoms. The number of hydrogen-bond donors (Lipinski definition) is 1. The topological polar surface area (TPSA) is 102 Å². The van der Waals surface area contributed by atoms with E-state index in [1.54, 1.807) is 24.4 Å². The van der Waals surface area contributed by atoms with Gasteiger partial charge in [-0.05, 0) is 17.7 Å². The molecule has 0 saturated carbocycles. The number of fused-ring (bicyclic) bond motifs is 1. The van der Waals surface area contributed by atoms with Crippen LogP contribution >= 0.6 is 11.3 Å². The summed E-state index contributed by atoms with van der Waals surface area (Å²) >= 11 is 1.41. The molecule has 0 bridgehead atoms. The Balaban J connectivity index is 1.89. The van der Waals surface area contributed by atoms with Crippen LogP contribution in [0, 0.1) is 10.1 Å². The van der Waals surface area contributed by atoms with Crippen molar-refractivity contribution in [3.8, 4) is 0 Å². The second-order valence-corrected chi connectivity index (χ2v) is 6.58. The zero-order valence-electron chi connectivity index (χ0n) is 13.9. The van der Waals surface area contributed by atoms with Crippen LogP contribution in [0.2, 0.25) is 0 Å². The predicted octanol–water partition coefficient (Wildman–Crippen LogP) is 3.26. The Labute approximate surface area is 156 Å². The molecule has 0 spiro atoms. The lowest BCUT2D eigenvalue weighted by atomic mass is 10.1. The molecular formula is C18H13N5O3S. The summed E-state index contributed by atoms with van der Waals surface area (Å²) in [6, 6.07) is 13.9. The minimum absolute atomic E-state index is 0.0831. The van der Waals surface area contributed by atoms with Gasteiger partial charge in [0.05, 0.1) is 4.92 Å². The molecule has 134 valence electrons. The van der Waals surface area contributed by atoms with Crippen LogP contribution in [0.1, 0.15) is 16.6 Å². The van der Waals surface area contributed by atoms with Crippen LogP contribution in [-0.2, 0) is 0 Å². The summed E-state index contributed by atoms with van der Waals surface area (Å²) in [6.07, 6.45) is 3.12. The van der Waals surface area contributed by atoms with E-state index in [9.17, 15) is 14.9 Å². The molecule has 1 N–H and O–H groups in total. The van der Waals surface area contributed by atoms with E-state index in [0.29, 0.717) is 10.7 Å². The predicted molar refractivity (Wildman–Crippen MR) is 102 cm³/mol. The zero-order chi connectivity index (χ0) is 18.8. The van der Waals surface area contributed by atoms with Gasteiger partial charge in [-0.3, -0.25) is 19.3 Å². The maximum atomic E-state index is 12.6. The summed E-state index contributed by atoms with van der Waals surface area (Å²) < 4.78 is 1.16. The van der Waals surface area contributed by atoms with Crippen molar-refractivity contribution in [3.63, 3.8) is 0 Å². The van der Waals surface area contributed by atoms with Crippen molar-refractivity contribution in [2.45, 2.75) is 6.04 Å². The number of thiazole rings is 1. The molecule has 1 atom stereocenters. The lowest BCUT2D eigenvalue weighted by molar-refractivity contribution is -0.385. The number of pyridine rings is 1. The first-order chi connectivity index (χ1) is 13.1. The Hall–Kier alpha value is -3.59. The molecular weight excluding hydrogens is 366 g/mol. The van der Waals surface area contributed by atoms with E-state index in [2.05, 4.69) is 15.3 Å². The van der Waals surface area contributed by atoms with Crippen LogP contribution in [0.3, 0.4) is 0 Å². The van der Waals surface area contributed by atoms with Crippen molar-refractivity contribution in [2.24, 2.45) is 0 Å². The third kappa shape index (κ3) is 3.15. The lowest BCUT2D eigenvalue weighted by Gasteiger charge is -2.17. The molecule has 3 aromatic heterocycles. The highest BCUT2D eigenvalue weighted by molar-refractivity contribution is 7.09. The minimum atomic E-state index is -0.737. The molecule has 9 heteroatoms. The molecule has 0 aliphatic rings. The van der Waals surface area contributed by atoms with Gasteiger partial charge in [-0.2, -0.15) is 0 Å². The molecule has 0 fully saturated rings. The Bertz CT molecular complexity index is 1160. The van der Waals surface area contributed by atoms with Crippen LogP contribution in [0.15, 0.2) is 71.1 Å². The van der Waals surface area contributed by atoms with E-state index in [0.717, 1.165) is 9.96 Å². The first-order valence-corrected chi connectivity index (χ1v) is 8.90. The number of nitrogens with one attached hydrogen (secondary N) is 1. The third-order valence-corrected chi connectivity index (χ3v) is 4.85. The highest BCUT2D eigenvalue weighted by Gasteiger charge is 2.27. The highest BCUT2D eigenvalue weighted by atomic mass is 32.1. The fourth-order valence-corrected chi connectivity index (χ4v) is 3.51. The standard InChI is InChI=1S/C18H13N5O3S/c24-18-15(23(25)26)16(20-13-8-4-5-10-22(13)18)21-14(17-19-9-11-27-17)12-6-2-1-3-7-12/h1-11,14,21H. The molecule has 3 heterocycles. The number of benzene rings is 1. The third-order valence-electron chi connectivity index (χ3n) is 4.01. The van der Waals surface area contributed by atoms with Gasteiger partial charge in [0.15, 0.2) is 0 Å². The van der Waals surface area contributed by atoms with E-state index in [-0.39, 0.29) is 5.82 Å². The number of anilines is 1. The van der Waals surface area contributed by atoms with Gasteiger partial charge >= 0.3 is 11.2 Å². The fraction of sp³-hybridized carbons (Fsp3) is 0.0556. The Morgan fingerprint density at radius 1 is 1.15 bits per heavy atom. The summed E-state index contributed by atoms with van der Waals surface area (Å²) in [5, 5.41) is 17.2. The second kappa shape index (κ2) is 6.96. The van der Waals surface area contributed by atoms with Gasteiger partial charge < -0.3 is 5.32 Å². The molecule has 1 unspecified atom stereocenters. The van der Waals surface area contributed by atoms with Crippen molar-refractivity contribution in [1.82, 2.24) is 14.4 Å². The number of hydrogen-bond acceptors (Lipinski definition) is 7. The van der Waals surface area contributed by atoms with Crippen molar-refractivity contribution in [1.29, 1.82) is 0 Å². The fourth-order valence-electron chi connectivity index (χ4n) is 2.79.